The molecule has 4 rings (SSSR count). The fraction of sp³-hybridized carbons (Fsp3) is 0.444. The first-order valence-electron chi connectivity index (χ1n) is 12.2. The molecular weight excluding hydrogens is 519 g/mol. The average Bonchev–Trinajstić information content (AvgIpc) is 2.96. The number of hydrogen-bond acceptors (Lipinski definition) is 7. The number of benzene rings is 1. The summed E-state index contributed by atoms with van der Waals surface area (Å²) in [6.07, 6.45) is 4.37. The number of likely N-dealkylation sites (N-methyl/N-ethyl adjacent to an activating group) is 1. The molecule has 2 aliphatic heterocycles. The van der Waals surface area contributed by atoms with Crippen molar-refractivity contribution in [2.24, 2.45) is 11.8 Å². The van der Waals surface area contributed by atoms with Crippen molar-refractivity contribution in [1.82, 2.24) is 10.2 Å². The Hall–Kier alpha value is -2.46. The molecule has 2 heterocycles. The van der Waals surface area contributed by atoms with Crippen LogP contribution in [0.4, 0.5) is 4.39 Å². The van der Waals surface area contributed by atoms with Crippen LogP contribution in [0.2, 0.25) is 0 Å². The number of nitrogens with one attached hydrogen (secondary N) is 1. The molecule has 0 amide bonds. The maximum Gasteiger partial charge on any atom is 0.336 e. The zero-order valence-corrected chi connectivity index (χ0v) is 22.7. The Balaban J connectivity index is 1.62. The lowest BCUT2D eigenvalue weighted by Crippen LogP contribution is -2.44. The standard InChI is InChI=1S/C27H32ClFN2O5S/c1-18-22(26(32)36-13-12-31(3)16-19-8-5-4-6-9-19)23(24-20(29)10-7-11-27(24,2)28)25-21(30-18)17-35-14-15-37(25,33)34/h4-11,23-24,30H,12-17H2,1-3H3. The highest BCUT2D eigenvalue weighted by Gasteiger charge is 2.51. The average molecular weight is 551 g/mol. The molecule has 0 fully saturated rings. The smallest absolute Gasteiger partial charge is 0.336 e. The van der Waals surface area contributed by atoms with E-state index >= 15 is 4.39 Å². The van der Waals surface area contributed by atoms with Gasteiger partial charge in [-0.2, -0.15) is 0 Å². The van der Waals surface area contributed by atoms with Gasteiger partial charge in [-0.15, -0.1) is 11.6 Å². The Kier molecular flexibility index (Phi) is 8.28. The van der Waals surface area contributed by atoms with Crippen molar-refractivity contribution in [3.8, 4) is 0 Å². The van der Waals surface area contributed by atoms with E-state index in [-0.39, 0.29) is 36.1 Å². The molecule has 3 atom stereocenters. The van der Waals surface area contributed by atoms with E-state index in [1.165, 1.54) is 12.2 Å². The number of hydrogen-bond donors (Lipinski definition) is 1. The quantitative estimate of drug-likeness (QED) is 0.408. The minimum Gasteiger partial charge on any atom is -0.461 e. The zero-order chi connectivity index (χ0) is 26.8. The van der Waals surface area contributed by atoms with Gasteiger partial charge in [0.2, 0.25) is 0 Å². The van der Waals surface area contributed by atoms with E-state index in [0.29, 0.717) is 24.5 Å². The number of carbonyl (C=O) groups is 1. The Morgan fingerprint density at radius 3 is 2.76 bits per heavy atom. The molecule has 200 valence electrons. The van der Waals surface area contributed by atoms with Crippen LogP contribution in [0.3, 0.4) is 0 Å². The second kappa shape index (κ2) is 11.1. The molecule has 1 aliphatic carbocycles. The topological polar surface area (TPSA) is 84.9 Å². The fourth-order valence-corrected chi connectivity index (χ4v) is 7.07. The van der Waals surface area contributed by atoms with Gasteiger partial charge in [-0.25, -0.2) is 17.6 Å². The number of halogens is 2. The number of esters is 1. The number of dihydropyridines is 1. The van der Waals surface area contributed by atoms with Crippen LogP contribution in [0.5, 0.6) is 0 Å². The van der Waals surface area contributed by atoms with Crippen LogP contribution in [0, 0.1) is 11.8 Å². The number of nitrogens with zero attached hydrogens (tertiary/aromatic N) is 1. The van der Waals surface area contributed by atoms with E-state index in [0.717, 1.165) is 5.56 Å². The van der Waals surface area contributed by atoms with Gasteiger partial charge in [0.05, 0.1) is 40.0 Å². The summed E-state index contributed by atoms with van der Waals surface area (Å²) in [7, 11) is -1.97. The van der Waals surface area contributed by atoms with Gasteiger partial charge in [-0.3, -0.25) is 4.90 Å². The molecule has 0 saturated carbocycles. The van der Waals surface area contributed by atoms with Crippen LogP contribution >= 0.6 is 11.6 Å². The highest BCUT2D eigenvalue weighted by atomic mass is 35.5. The lowest BCUT2D eigenvalue weighted by molar-refractivity contribution is -0.140. The molecule has 10 heteroatoms. The van der Waals surface area contributed by atoms with E-state index < -0.39 is 38.3 Å². The van der Waals surface area contributed by atoms with Gasteiger partial charge in [-0.05, 0) is 32.5 Å². The highest BCUT2D eigenvalue weighted by molar-refractivity contribution is 7.95. The first-order valence-corrected chi connectivity index (χ1v) is 14.2. The van der Waals surface area contributed by atoms with Crippen molar-refractivity contribution >= 4 is 27.4 Å². The molecule has 1 aromatic carbocycles. The fourth-order valence-electron chi connectivity index (χ4n) is 5.08. The molecule has 0 aromatic heterocycles. The SMILES string of the molecule is CC1=C(C(=O)OCCN(C)Cc2ccccc2)C(C2C(F)=CC=CC2(C)Cl)C2=C(COCCS2(=O)=O)N1. The normalized spacial score (nSPS) is 27.4. The van der Waals surface area contributed by atoms with Gasteiger partial charge in [0.15, 0.2) is 9.84 Å². The van der Waals surface area contributed by atoms with Crippen LogP contribution in [-0.2, 0) is 30.7 Å². The molecule has 7 nitrogen and oxygen atoms in total. The third kappa shape index (κ3) is 6.00. The van der Waals surface area contributed by atoms with Gasteiger partial charge in [0.25, 0.3) is 0 Å². The van der Waals surface area contributed by atoms with Crippen molar-refractivity contribution in [1.29, 1.82) is 0 Å². The number of sulfone groups is 1. The minimum absolute atomic E-state index is 0.00189. The maximum absolute atomic E-state index is 15.4. The summed E-state index contributed by atoms with van der Waals surface area (Å²) in [5.74, 6) is -3.87. The van der Waals surface area contributed by atoms with Crippen LogP contribution in [0.25, 0.3) is 0 Å². The molecule has 1 aromatic rings. The Bertz CT molecular complexity index is 1270. The molecule has 3 aliphatic rings. The molecule has 0 saturated heterocycles. The van der Waals surface area contributed by atoms with E-state index in [1.807, 2.05) is 42.3 Å². The maximum atomic E-state index is 15.4. The largest absolute Gasteiger partial charge is 0.461 e. The predicted octanol–water partition coefficient (Wildman–Crippen LogP) is 3.85. The summed E-state index contributed by atoms with van der Waals surface area (Å²) in [6, 6.07) is 9.90. The van der Waals surface area contributed by atoms with Crippen molar-refractivity contribution in [2.45, 2.75) is 25.3 Å². The molecular formula is C27H32ClFN2O5S. The lowest BCUT2D eigenvalue weighted by Gasteiger charge is -2.41. The first-order chi connectivity index (χ1) is 17.5. The number of carbonyl (C=O) groups excluding carboxylic acids is 1. The van der Waals surface area contributed by atoms with E-state index in [4.69, 9.17) is 21.1 Å². The monoisotopic (exact) mass is 550 g/mol. The van der Waals surface area contributed by atoms with E-state index in [2.05, 4.69) is 5.32 Å². The third-order valence-corrected chi connectivity index (χ3v) is 9.08. The lowest BCUT2D eigenvalue weighted by atomic mass is 9.73. The van der Waals surface area contributed by atoms with Crippen LogP contribution in [0.15, 0.2) is 76.3 Å². The summed E-state index contributed by atoms with van der Waals surface area (Å²) in [6.45, 7) is 4.47. The number of rotatable bonds is 7. The Morgan fingerprint density at radius 2 is 2.05 bits per heavy atom. The number of allylic oxidation sites excluding steroid dienone is 6. The summed E-state index contributed by atoms with van der Waals surface area (Å²) in [4.78, 5) is 14.2. The third-order valence-electron chi connectivity index (χ3n) is 6.85. The van der Waals surface area contributed by atoms with Crippen LogP contribution < -0.4 is 5.32 Å². The number of ether oxygens (including phenoxy) is 2. The van der Waals surface area contributed by atoms with Gasteiger partial charge < -0.3 is 14.8 Å². The zero-order valence-electron chi connectivity index (χ0n) is 21.2. The minimum atomic E-state index is -3.89. The molecule has 37 heavy (non-hydrogen) atoms. The van der Waals surface area contributed by atoms with Crippen molar-refractivity contribution in [3.63, 3.8) is 0 Å². The summed E-state index contributed by atoms with van der Waals surface area (Å²) in [5, 5.41) is 3.03. The summed E-state index contributed by atoms with van der Waals surface area (Å²) >= 11 is 6.75. The highest BCUT2D eigenvalue weighted by Crippen LogP contribution is 2.50. The molecule has 0 bridgehead atoms. The molecule has 0 spiro atoms. The number of alkyl halides is 1. The van der Waals surface area contributed by atoms with Crippen molar-refractivity contribution < 1.29 is 27.1 Å². The molecule has 3 unspecified atom stereocenters. The molecule has 0 radical (unpaired) electrons. The van der Waals surface area contributed by atoms with Gasteiger partial charge in [-0.1, -0.05) is 42.5 Å². The van der Waals surface area contributed by atoms with Gasteiger partial charge in [0.1, 0.15) is 12.4 Å². The predicted molar refractivity (Wildman–Crippen MR) is 141 cm³/mol. The molecule has 1 N–H and O–H groups in total. The van der Waals surface area contributed by atoms with Gasteiger partial charge >= 0.3 is 5.97 Å². The van der Waals surface area contributed by atoms with Crippen molar-refractivity contribution in [2.75, 3.05) is 39.2 Å². The Morgan fingerprint density at radius 1 is 1.32 bits per heavy atom. The first kappa shape index (κ1) is 27.6. The van der Waals surface area contributed by atoms with Crippen LogP contribution in [0.1, 0.15) is 19.4 Å². The Labute approximate surface area is 222 Å². The van der Waals surface area contributed by atoms with E-state index in [9.17, 15) is 13.2 Å². The van der Waals surface area contributed by atoms with Gasteiger partial charge in [0, 0.05) is 30.6 Å². The van der Waals surface area contributed by atoms with Crippen LogP contribution in [-0.4, -0.2) is 63.3 Å². The summed E-state index contributed by atoms with van der Waals surface area (Å²) < 4.78 is 53.4. The second-order valence-corrected chi connectivity index (χ2v) is 12.6. The second-order valence-electron chi connectivity index (χ2n) is 9.75. The summed E-state index contributed by atoms with van der Waals surface area (Å²) in [5.41, 5.74) is 1.88. The van der Waals surface area contributed by atoms with E-state index in [1.54, 1.807) is 19.9 Å². The van der Waals surface area contributed by atoms with Crippen molar-refractivity contribution in [3.05, 3.63) is 81.8 Å².